The number of carboxylic acid groups (broad SMARTS) is 1. The molecule has 3 rings (SSSR count). The van der Waals surface area contributed by atoms with Crippen LogP contribution in [-0.4, -0.2) is 35.7 Å². The highest BCUT2D eigenvalue weighted by Crippen LogP contribution is 2.34. The van der Waals surface area contributed by atoms with E-state index in [1.165, 1.54) is 12.1 Å². The summed E-state index contributed by atoms with van der Waals surface area (Å²) in [5, 5.41) is 11.7. The summed E-state index contributed by atoms with van der Waals surface area (Å²) >= 11 is 0. The third kappa shape index (κ3) is 2.43. The second-order valence-electron chi connectivity index (χ2n) is 5.34. The maximum atomic E-state index is 12.1. The summed E-state index contributed by atoms with van der Waals surface area (Å²) in [6.45, 7) is 0.756. The number of amides is 1. The first-order chi connectivity index (χ1) is 9.65. The van der Waals surface area contributed by atoms with Crippen LogP contribution in [-0.2, 0) is 4.74 Å². The Hall–Kier alpha value is -1.82. The van der Waals surface area contributed by atoms with Crippen LogP contribution < -0.4 is 5.32 Å². The molecule has 0 spiro atoms. The van der Waals surface area contributed by atoms with Crippen molar-refractivity contribution < 1.29 is 23.8 Å². The van der Waals surface area contributed by atoms with Gasteiger partial charge in [0.25, 0.3) is 5.91 Å². The second kappa shape index (κ2) is 5.28. The number of carboxylic acids is 1. The van der Waals surface area contributed by atoms with Gasteiger partial charge in [-0.25, -0.2) is 4.79 Å². The highest BCUT2D eigenvalue weighted by molar-refractivity contribution is 5.93. The molecule has 1 saturated carbocycles. The van der Waals surface area contributed by atoms with Gasteiger partial charge in [0.15, 0.2) is 5.76 Å². The smallest absolute Gasteiger partial charge is 0.371 e. The second-order valence-corrected chi connectivity index (χ2v) is 5.34. The Balaban J connectivity index is 1.67. The molecule has 2 fully saturated rings. The summed E-state index contributed by atoms with van der Waals surface area (Å²) in [6, 6.07) is 2.77. The monoisotopic (exact) mass is 279 g/mol. The summed E-state index contributed by atoms with van der Waals surface area (Å²) in [5.41, 5.74) is 0. The lowest BCUT2D eigenvalue weighted by atomic mass is 9.82. The minimum absolute atomic E-state index is 0.0449. The Bertz CT molecular complexity index is 523. The number of hydrogen-bond donors (Lipinski definition) is 2. The maximum Gasteiger partial charge on any atom is 0.371 e. The summed E-state index contributed by atoms with van der Waals surface area (Å²) in [5.74, 6) is -1.34. The molecule has 2 heterocycles. The molecule has 1 saturated heterocycles. The summed E-state index contributed by atoms with van der Waals surface area (Å²) < 4.78 is 10.7. The van der Waals surface area contributed by atoms with E-state index in [2.05, 4.69) is 5.32 Å². The predicted octanol–water partition coefficient (Wildman–Crippen LogP) is 1.67. The van der Waals surface area contributed by atoms with Crippen LogP contribution in [0.15, 0.2) is 16.5 Å². The number of nitrogens with one attached hydrogen (secondary N) is 1. The average Bonchev–Trinajstić information content (AvgIpc) is 3.08. The molecule has 0 bridgehead atoms. The lowest BCUT2D eigenvalue weighted by Gasteiger charge is -2.32. The van der Waals surface area contributed by atoms with E-state index >= 15 is 0 Å². The van der Waals surface area contributed by atoms with E-state index in [4.69, 9.17) is 14.3 Å². The topological polar surface area (TPSA) is 88.8 Å². The molecule has 2 aliphatic rings. The van der Waals surface area contributed by atoms with E-state index in [0.717, 1.165) is 32.3 Å². The number of furan rings is 1. The van der Waals surface area contributed by atoms with Gasteiger partial charge in [0.05, 0.1) is 6.10 Å². The van der Waals surface area contributed by atoms with Crippen molar-refractivity contribution in [2.45, 2.75) is 37.8 Å². The van der Waals surface area contributed by atoms with Crippen molar-refractivity contribution in [1.29, 1.82) is 0 Å². The van der Waals surface area contributed by atoms with Crippen molar-refractivity contribution in [3.63, 3.8) is 0 Å². The van der Waals surface area contributed by atoms with Gasteiger partial charge in [0, 0.05) is 18.6 Å². The van der Waals surface area contributed by atoms with Gasteiger partial charge in [-0.15, -0.1) is 0 Å². The van der Waals surface area contributed by atoms with Crippen LogP contribution in [0.4, 0.5) is 0 Å². The summed E-state index contributed by atoms with van der Waals surface area (Å²) in [4.78, 5) is 22.8. The SMILES string of the molecule is O=C(O)c1ccc(C(=O)N[C@@H]2CCC[C@H]3OCC[C@@H]23)o1. The van der Waals surface area contributed by atoms with Crippen molar-refractivity contribution in [2.75, 3.05) is 6.61 Å². The van der Waals surface area contributed by atoms with Crippen LogP contribution in [0.5, 0.6) is 0 Å². The van der Waals surface area contributed by atoms with Gasteiger partial charge < -0.3 is 19.6 Å². The Morgan fingerprint density at radius 1 is 1.20 bits per heavy atom. The van der Waals surface area contributed by atoms with Gasteiger partial charge in [-0.05, 0) is 37.8 Å². The number of aromatic carboxylic acids is 1. The number of hydrogen-bond acceptors (Lipinski definition) is 4. The number of carbonyl (C=O) groups excluding carboxylic acids is 1. The Labute approximate surface area is 116 Å². The van der Waals surface area contributed by atoms with E-state index in [9.17, 15) is 9.59 Å². The normalized spacial score (nSPS) is 28.9. The van der Waals surface area contributed by atoms with Crippen molar-refractivity contribution in [3.8, 4) is 0 Å². The van der Waals surface area contributed by atoms with Crippen molar-refractivity contribution in [3.05, 3.63) is 23.7 Å². The highest BCUT2D eigenvalue weighted by Gasteiger charge is 2.38. The molecule has 1 aromatic heterocycles. The molecule has 0 unspecified atom stereocenters. The Kier molecular flexibility index (Phi) is 3.48. The summed E-state index contributed by atoms with van der Waals surface area (Å²) in [7, 11) is 0. The lowest BCUT2D eigenvalue weighted by Crippen LogP contribution is -2.45. The zero-order valence-corrected chi connectivity index (χ0v) is 11.0. The van der Waals surface area contributed by atoms with E-state index in [-0.39, 0.29) is 29.6 Å². The minimum Gasteiger partial charge on any atom is -0.475 e. The lowest BCUT2D eigenvalue weighted by molar-refractivity contribution is 0.0504. The molecule has 6 nitrogen and oxygen atoms in total. The van der Waals surface area contributed by atoms with E-state index in [1.54, 1.807) is 0 Å². The largest absolute Gasteiger partial charge is 0.475 e. The van der Waals surface area contributed by atoms with Gasteiger partial charge in [-0.2, -0.15) is 0 Å². The molecule has 108 valence electrons. The molecule has 1 aliphatic heterocycles. The first kappa shape index (κ1) is 13.2. The maximum absolute atomic E-state index is 12.1. The van der Waals surface area contributed by atoms with Gasteiger partial charge in [-0.3, -0.25) is 4.79 Å². The van der Waals surface area contributed by atoms with Crippen molar-refractivity contribution >= 4 is 11.9 Å². The van der Waals surface area contributed by atoms with Crippen LogP contribution in [0.1, 0.15) is 46.8 Å². The molecule has 6 heteroatoms. The fraction of sp³-hybridized carbons (Fsp3) is 0.571. The molecule has 1 aromatic rings. The number of ether oxygens (including phenoxy) is 1. The molecule has 20 heavy (non-hydrogen) atoms. The first-order valence-corrected chi connectivity index (χ1v) is 6.91. The zero-order chi connectivity index (χ0) is 14.1. The fourth-order valence-corrected chi connectivity index (χ4v) is 3.17. The van der Waals surface area contributed by atoms with Gasteiger partial charge >= 0.3 is 5.97 Å². The molecule has 2 N–H and O–H groups in total. The quantitative estimate of drug-likeness (QED) is 0.878. The third-order valence-corrected chi connectivity index (χ3v) is 4.14. The predicted molar refractivity (Wildman–Crippen MR) is 68.6 cm³/mol. The molecule has 0 radical (unpaired) electrons. The Morgan fingerprint density at radius 3 is 2.75 bits per heavy atom. The van der Waals surface area contributed by atoms with Crippen LogP contribution in [0.25, 0.3) is 0 Å². The van der Waals surface area contributed by atoms with E-state index < -0.39 is 5.97 Å². The number of carbonyl (C=O) groups is 2. The minimum atomic E-state index is -1.18. The Morgan fingerprint density at radius 2 is 2.00 bits per heavy atom. The molecular formula is C14H17NO5. The van der Waals surface area contributed by atoms with Crippen LogP contribution in [0, 0.1) is 5.92 Å². The van der Waals surface area contributed by atoms with Crippen LogP contribution in [0.3, 0.4) is 0 Å². The van der Waals surface area contributed by atoms with Crippen molar-refractivity contribution in [1.82, 2.24) is 5.32 Å². The van der Waals surface area contributed by atoms with Gasteiger partial charge in [-0.1, -0.05) is 0 Å². The average molecular weight is 279 g/mol. The molecule has 3 atom stereocenters. The standard InChI is InChI=1S/C14H17NO5/c16-13(11-4-5-12(20-11)14(17)18)15-9-2-1-3-10-8(9)6-7-19-10/h4-5,8-10H,1-3,6-7H2,(H,15,16)(H,17,18)/t8-,9+,10+/m0/s1. The zero-order valence-electron chi connectivity index (χ0n) is 11.0. The third-order valence-electron chi connectivity index (χ3n) is 4.14. The number of rotatable bonds is 3. The van der Waals surface area contributed by atoms with Gasteiger partial charge in [0.1, 0.15) is 0 Å². The number of fused-ring (bicyclic) bond motifs is 1. The molecular weight excluding hydrogens is 262 g/mol. The van der Waals surface area contributed by atoms with E-state index in [0.29, 0.717) is 5.92 Å². The molecule has 1 aliphatic carbocycles. The van der Waals surface area contributed by atoms with Crippen LogP contribution >= 0.6 is 0 Å². The van der Waals surface area contributed by atoms with Crippen LogP contribution in [0.2, 0.25) is 0 Å². The van der Waals surface area contributed by atoms with Gasteiger partial charge in [0.2, 0.25) is 5.76 Å². The fourth-order valence-electron chi connectivity index (χ4n) is 3.17. The molecule has 1 amide bonds. The van der Waals surface area contributed by atoms with Crippen molar-refractivity contribution in [2.24, 2.45) is 5.92 Å². The highest BCUT2D eigenvalue weighted by atomic mass is 16.5. The molecule has 0 aromatic carbocycles. The van der Waals surface area contributed by atoms with E-state index in [1.807, 2.05) is 0 Å². The first-order valence-electron chi connectivity index (χ1n) is 6.91. The summed E-state index contributed by atoms with van der Waals surface area (Å²) in [6.07, 6.45) is 4.24.